The number of aryl methyl sites for hydroxylation is 3. The summed E-state index contributed by atoms with van der Waals surface area (Å²) in [4.78, 5) is 24.0. The van der Waals surface area contributed by atoms with Crippen molar-refractivity contribution in [3.8, 4) is 0 Å². The summed E-state index contributed by atoms with van der Waals surface area (Å²) in [5, 5.41) is 20.4. The van der Waals surface area contributed by atoms with Gasteiger partial charge < -0.3 is 10.4 Å². The largest absolute Gasteiger partial charge is 0.477 e. The van der Waals surface area contributed by atoms with Gasteiger partial charge in [0, 0.05) is 7.05 Å². The summed E-state index contributed by atoms with van der Waals surface area (Å²) in [6, 6.07) is 8.16. The molecule has 2 N–H and O–H groups in total. The summed E-state index contributed by atoms with van der Waals surface area (Å²) >= 11 is 0. The van der Waals surface area contributed by atoms with E-state index in [2.05, 4.69) is 15.5 Å². The van der Waals surface area contributed by atoms with Crippen LogP contribution in [0.4, 0.5) is 5.69 Å². The Morgan fingerprint density at radius 1 is 1.15 bits per heavy atom. The molecule has 0 saturated carbocycles. The Hall–Kier alpha value is -3.42. The fraction of sp³-hybridized carbons (Fsp3) is 0.263. The first-order valence-corrected chi connectivity index (χ1v) is 8.44. The van der Waals surface area contributed by atoms with Crippen LogP contribution in [0.15, 0.2) is 30.5 Å². The lowest BCUT2D eigenvalue weighted by molar-refractivity contribution is 0.0680. The SMILES string of the molecule is Cc1ccc(Cn2nc(C)c(NC(=O)c3cnn(C)c3C(=O)O)c2C)cc1. The van der Waals surface area contributed by atoms with E-state index in [1.165, 1.54) is 18.8 Å². The maximum absolute atomic E-state index is 12.6. The van der Waals surface area contributed by atoms with Crippen molar-refractivity contribution in [3.05, 3.63) is 64.2 Å². The average molecular weight is 367 g/mol. The number of aromatic nitrogens is 4. The smallest absolute Gasteiger partial charge is 0.354 e. The number of rotatable bonds is 5. The predicted molar refractivity (Wildman–Crippen MR) is 100 cm³/mol. The fourth-order valence-corrected chi connectivity index (χ4v) is 2.94. The first-order chi connectivity index (χ1) is 12.8. The maximum Gasteiger partial charge on any atom is 0.354 e. The summed E-state index contributed by atoms with van der Waals surface area (Å²) in [5.41, 5.74) is 4.17. The van der Waals surface area contributed by atoms with Gasteiger partial charge in [-0.2, -0.15) is 10.2 Å². The topological polar surface area (TPSA) is 102 Å². The van der Waals surface area contributed by atoms with Gasteiger partial charge in [0.25, 0.3) is 5.91 Å². The van der Waals surface area contributed by atoms with Crippen LogP contribution in [0.25, 0.3) is 0 Å². The second-order valence-electron chi connectivity index (χ2n) is 6.48. The molecule has 0 bridgehead atoms. The average Bonchev–Trinajstić information content (AvgIpc) is 3.12. The highest BCUT2D eigenvalue weighted by Crippen LogP contribution is 2.22. The first-order valence-electron chi connectivity index (χ1n) is 8.44. The van der Waals surface area contributed by atoms with Crippen LogP contribution >= 0.6 is 0 Å². The van der Waals surface area contributed by atoms with Gasteiger partial charge in [0.05, 0.1) is 35.4 Å². The number of benzene rings is 1. The van der Waals surface area contributed by atoms with Gasteiger partial charge in [-0.15, -0.1) is 0 Å². The molecule has 0 aliphatic heterocycles. The first kappa shape index (κ1) is 18.4. The molecule has 2 heterocycles. The molecule has 2 aromatic heterocycles. The number of hydrogen-bond donors (Lipinski definition) is 2. The van der Waals surface area contributed by atoms with Gasteiger partial charge in [0.15, 0.2) is 5.69 Å². The second-order valence-corrected chi connectivity index (χ2v) is 6.48. The molecule has 140 valence electrons. The summed E-state index contributed by atoms with van der Waals surface area (Å²) in [6.07, 6.45) is 1.25. The molecule has 0 spiro atoms. The Morgan fingerprint density at radius 3 is 2.44 bits per heavy atom. The molecule has 3 rings (SSSR count). The van der Waals surface area contributed by atoms with Crippen molar-refractivity contribution in [2.75, 3.05) is 5.32 Å². The molecule has 1 aromatic carbocycles. The van der Waals surface area contributed by atoms with Crippen LogP contribution in [0.5, 0.6) is 0 Å². The van der Waals surface area contributed by atoms with E-state index in [1.54, 1.807) is 6.92 Å². The molecule has 8 nitrogen and oxygen atoms in total. The minimum atomic E-state index is -1.20. The van der Waals surface area contributed by atoms with E-state index in [9.17, 15) is 14.7 Å². The molecular weight excluding hydrogens is 346 g/mol. The van der Waals surface area contributed by atoms with Gasteiger partial charge in [0.1, 0.15) is 0 Å². The van der Waals surface area contributed by atoms with Crippen LogP contribution in [0, 0.1) is 20.8 Å². The van der Waals surface area contributed by atoms with Gasteiger partial charge >= 0.3 is 5.97 Å². The number of carbonyl (C=O) groups is 2. The Bertz CT molecular complexity index is 1010. The molecule has 8 heteroatoms. The van der Waals surface area contributed by atoms with Gasteiger partial charge in [-0.05, 0) is 26.3 Å². The van der Waals surface area contributed by atoms with Crippen molar-refractivity contribution < 1.29 is 14.7 Å². The summed E-state index contributed by atoms with van der Waals surface area (Å²) in [5.74, 6) is -1.73. The van der Waals surface area contributed by atoms with Gasteiger partial charge in [-0.3, -0.25) is 14.2 Å². The highest BCUT2D eigenvalue weighted by molar-refractivity contribution is 6.10. The van der Waals surface area contributed by atoms with Crippen molar-refractivity contribution in [2.24, 2.45) is 7.05 Å². The number of aromatic carboxylic acids is 1. The zero-order chi connectivity index (χ0) is 19.7. The molecule has 27 heavy (non-hydrogen) atoms. The van der Waals surface area contributed by atoms with Crippen molar-refractivity contribution in [3.63, 3.8) is 0 Å². The molecule has 1 amide bonds. The van der Waals surface area contributed by atoms with Crippen molar-refractivity contribution >= 4 is 17.6 Å². The summed E-state index contributed by atoms with van der Waals surface area (Å²) in [6.45, 7) is 6.28. The Kier molecular flexibility index (Phi) is 4.81. The normalized spacial score (nSPS) is 10.8. The lowest BCUT2D eigenvalue weighted by atomic mass is 10.1. The number of carboxylic acid groups (broad SMARTS) is 1. The summed E-state index contributed by atoms with van der Waals surface area (Å²) < 4.78 is 2.98. The molecule has 0 atom stereocenters. The lowest BCUT2D eigenvalue weighted by Crippen LogP contribution is -2.18. The van der Waals surface area contributed by atoms with E-state index >= 15 is 0 Å². The fourth-order valence-electron chi connectivity index (χ4n) is 2.94. The summed E-state index contributed by atoms with van der Waals surface area (Å²) in [7, 11) is 1.48. The number of anilines is 1. The van der Waals surface area contributed by atoms with Crippen molar-refractivity contribution in [1.29, 1.82) is 0 Å². The van der Waals surface area contributed by atoms with E-state index in [-0.39, 0.29) is 11.3 Å². The standard InChI is InChI=1S/C19H21N5O3/c1-11-5-7-14(8-6-11)10-24-13(3)16(12(2)22-24)21-18(25)15-9-20-23(4)17(15)19(26)27/h5-9H,10H2,1-4H3,(H,21,25)(H,26,27). The molecule has 0 unspecified atom stereocenters. The van der Waals surface area contributed by atoms with Gasteiger partial charge in [0.2, 0.25) is 0 Å². The highest BCUT2D eigenvalue weighted by atomic mass is 16.4. The molecule has 0 aliphatic carbocycles. The van der Waals surface area contributed by atoms with Crippen LogP contribution in [-0.2, 0) is 13.6 Å². The number of hydrogen-bond acceptors (Lipinski definition) is 4. The third kappa shape index (κ3) is 3.59. The number of carboxylic acids is 1. The molecule has 0 radical (unpaired) electrons. The number of nitrogens with one attached hydrogen (secondary N) is 1. The highest BCUT2D eigenvalue weighted by Gasteiger charge is 2.23. The number of amides is 1. The van der Waals surface area contributed by atoms with Crippen LogP contribution in [-0.4, -0.2) is 36.5 Å². The third-order valence-electron chi connectivity index (χ3n) is 4.46. The Labute approximate surface area is 156 Å². The molecule has 0 aliphatic rings. The van der Waals surface area contributed by atoms with Crippen molar-refractivity contribution in [2.45, 2.75) is 27.3 Å². The minimum Gasteiger partial charge on any atom is -0.477 e. The quantitative estimate of drug-likeness (QED) is 0.721. The number of nitrogens with zero attached hydrogens (tertiary/aromatic N) is 4. The zero-order valence-corrected chi connectivity index (χ0v) is 15.6. The monoisotopic (exact) mass is 367 g/mol. The number of carbonyl (C=O) groups excluding carboxylic acids is 1. The van der Waals surface area contributed by atoms with E-state index in [0.717, 1.165) is 15.9 Å². The molecule has 3 aromatic rings. The maximum atomic E-state index is 12.6. The third-order valence-corrected chi connectivity index (χ3v) is 4.46. The van der Waals surface area contributed by atoms with Crippen LogP contribution in [0.3, 0.4) is 0 Å². The van der Waals surface area contributed by atoms with Crippen molar-refractivity contribution in [1.82, 2.24) is 19.6 Å². The molecular formula is C19H21N5O3. The minimum absolute atomic E-state index is 0.00934. The lowest BCUT2D eigenvalue weighted by Gasteiger charge is -2.08. The van der Waals surface area contributed by atoms with E-state index in [1.807, 2.05) is 42.8 Å². The Balaban J connectivity index is 1.86. The molecule has 0 saturated heterocycles. The van der Waals surface area contributed by atoms with Gasteiger partial charge in [-0.25, -0.2) is 4.79 Å². The van der Waals surface area contributed by atoms with Crippen LogP contribution in [0.1, 0.15) is 43.4 Å². The van der Waals surface area contributed by atoms with Crippen LogP contribution < -0.4 is 5.32 Å². The Morgan fingerprint density at radius 2 is 1.81 bits per heavy atom. The van der Waals surface area contributed by atoms with E-state index in [4.69, 9.17) is 0 Å². The second kappa shape index (κ2) is 7.06. The van der Waals surface area contributed by atoms with Gasteiger partial charge in [-0.1, -0.05) is 29.8 Å². The van der Waals surface area contributed by atoms with E-state index in [0.29, 0.717) is 17.9 Å². The predicted octanol–water partition coefficient (Wildman–Crippen LogP) is 2.54. The molecule has 0 fully saturated rings. The zero-order valence-electron chi connectivity index (χ0n) is 15.6. The van der Waals surface area contributed by atoms with Crippen LogP contribution in [0.2, 0.25) is 0 Å². The van der Waals surface area contributed by atoms with E-state index < -0.39 is 11.9 Å².